The summed E-state index contributed by atoms with van der Waals surface area (Å²) in [6.45, 7) is 5.03. The van der Waals surface area contributed by atoms with E-state index >= 15 is 0 Å². The highest BCUT2D eigenvalue weighted by Crippen LogP contribution is 2.29. The molecule has 118 valence electrons. The molecule has 0 radical (unpaired) electrons. The highest BCUT2D eigenvalue weighted by atomic mass is 32.3. The Hall–Kier alpha value is -0.990. The van der Waals surface area contributed by atoms with E-state index in [1.54, 1.807) is 0 Å². The number of sulfonamides is 1. The molecule has 0 bridgehead atoms. The van der Waals surface area contributed by atoms with Crippen molar-refractivity contribution in [2.24, 2.45) is 11.8 Å². The van der Waals surface area contributed by atoms with Gasteiger partial charge in [0.25, 0.3) is 0 Å². The van der Waals surface area contributed by atoms with Gasteiger partial charge in [0.15, 0.2) is 0 Å². The normalized spacial score (nSPS) is 21.0. The highest BCUT2D eigenvalue weighted by Gasteiger charge is 2.33. The zero-order valence-corrected chi connectivity index (χ0v) is 13.5. The number of nitrogens with zero attached hydrogens (tertiary/aromatic N) is 1. The Morgan fingerprint density at radius 1 is 1.10 bits per heavy atom. The monoisotopic (exact) mass is 335 g/mol. The first-order chi connectivity index (χ1) is 9.62. The van der Waals surface area contributed by atoms with Gasteiger partial charge in [-0.05, 0) is 42.5 Å². The summed E-state index contributed by atoms with van der Waals surface area (Å²) in [6, 6.07) is 4.20. The molecular formula is C13H18FNO4S2. The number of halogens is 1. The van der Waals surface area contributed by atoms with Crippen molar-refractivity contribution >= 4 is 20.2 Å². The molecule has 0 aliphatic carbocycles. The molecule has 2 rings (SSSR count). The number of benzene rings is 1. The average Bonchev–Trinajstić information content (AvgIpc) is 2.88. The van der Waals surface area contributed by atoms with Gasteiger partial charge in [0.05, 0.1) is 9.79 Å². The summed E-state index contributed by atoms with van der Waals surface area (Å²) < 4.78 is 60.6. The number of hydrogen-bond donors (Lipinski definition) is 0. The Labute approximate surface area is 125 Å². The molecule has 8 heteroatoms. The number of rotatable bonds is 4. The Morgan fingerprint density at radius 2 is 1.62 bits per heavy atom. The van der Waals surface area contributed by atoms with Crippen molar-refractivity contribution in [3.63, 3.8) is 0 Å². The van der Waals surface area contributed by atoms with E-state index < -0.39 is 25.1 Å². The van der Waals surface area contributed by atoms with Crippen LogP contribution in [-0.4, -0.2) is 34.2 Å². The van der Waals surface area contributed by atoms with E-state index in [0.29, 0.717) is 24.9 Å². The lowest BCUT2D eigenvalue weighted by atomic mass is 9.96. The fraction of sp³-hybridized carbons (Fsp3) is 0.538. The van der Waals surface area contributed by atoms with Crippen LogP contribution in [0.3, 0.4) is 0 Å². The van der Waals surface area contributed by atoms with Gasteiger partial charge in [-0.2, -0.15) is 12.7 Å². The van der Waals surface area contributed by atoms with Crippen molar-refractivity contribution in [3.8, 4) is 0 Å². The summed E-state index contributed by atoms with van der Waals surface area (Å²) in [7, 11) is -8.46. The van der Waals surface area contributed by atoms with Crippen molar-refractivity contribution in [2.75, 3.05) is 13.1 Å². The minimum Gasteiger partial charge on any atom is -0.207 e. The topological polar surface area (TPSA) is 71.5 Å². The predicted molar refractivity (Wildman–Crippen MR) is 76.4 cm³/mol. The van der Waals surface area contributed by atoms with Gasteiger partial charge in [0.1, 0.15) is 0 Å². The molecule has 0 saturated carbocycles. The second-order valence-corrected chi connectivity index (χ2v) is 8.85. The Bertz CT molecular complexity index is 711. The molecule has 0 aromatic heterocycles. The van der Waals surface area contributed by atoms with Crippen LogP contribution in [0.5, 0.6) is 0 Å². The van der Waals surface area contributed by atoms with Gasteiger partial charge in [-0.15, -0.1) is 3.89 Å². The van der Waals surface area contributed by atoms with Crippen LogP contribution in [0.1, 0.15) is 20.3 Å². The molecule has 1 atom stereocenters. The van der Waals surface area contributed by atoms with Crippen molar-refractivity contribution in [2.45, 2.75) is 30.1 Å². The van der Waals surface area contributed by atoms with Gasteiger partial charge in [-0.3, -0.25) is 0 Å². The summed E-state index contributed by atoms with van der Waals surface area (Å²) in [4.78, 5) is -0.553. The van der Waals surface area contributed by atoms with Crippen LogP contribution < -0.4 is 0 Å². The van der Waals surface area contributed by atoms with Gasteiger partial charge in [-0.25, -0.2) is 8.42 Å². The minimum absolute atomic E-state index is 0.0145. The van der Waals surface area contributed by atoms with Crippen molar-refractivity contribution in [1.29, 1.82) is 0 Å². The molecule has 0 amide bonds. The molecule has 1 aliphatic rings. The van der Waals surface area contributed by atoms with E-state index in [-0.39, 0.29) is 4.90 Å². The van der Waals surface area contributed by atoms with E-state index in [9.17, 15) is 20.7 Å². The Morgan fingerprint density at radius 3 is 2.05 bits per heavy atom. The molecule has 5 nitrogen and oxygen atoms in total. The summed E-state index contributed by atoms with van der Waals surface area (Å²) in [5, 5.41) is 0. The van der Waals surface area contributed by atoms with Crippen molar-refractivity contribution in [1.82, 2.24) is 4.31 Å². The van der Waals surface area contributed by atoms with E-state index in [2.05, 4.69) is 13.8 Å². The van der Waals surface area contributed by atoms with Crippen LogP contribution in [0, 0.1) is 11.8 Å². The lowest BCUT2D eigenvalue weighted by Gasteiger charge is -2.18. The standard InChI is InChI=1S/C13H18FNO4S2/c1-10(2)11-7-8-15(9-11)21(18,19)13-5-3-12(4-6-13)20(14,16)17/h3-6,10-11H,7-9H2,1-2H3. The van der Waals surface area contributed by atoms with E-state index in [1.165, 1.54) is 4.31 Å². The summed E-state index contributed by atoms with van der Waals surface area (Å²) in [5.74, 6) is 0.731. The average molecular weight is 335 g/mol. The van der Waals surface area contributed by atoms with Crippen LogP contribution in [-0.2, 0) is 20.2 Å². The van der Waals surface area contributed by atoms with Gasteiger partial charge in [-0.1, -0.05) is 13.8 Å². The summed E-state index contributed by atoms with van der Waals surface area (Å²) >= 11 is 0. The molecule has 1 aromatic carbocycles. The van der Waals surface area contributed by atoms with Crippen LogP contribution >= 0.6 is 0 Å². The molecule has 21 heavy (non-hydrogen) atoms. The first-order valence-electron chi connectivity index (χ1n) is 6.67. The molecular weight excluding hydrogens is 317 g/mol. The Kier molecular flexibility index (Phi) is 4.41. The van der Waals surface area contributed by atoms with Crippen LogP contribution in [0.2, 0.25) is 0 Å². The van der Waals surface area contributed by atoms with Crippen molar-refractivity contribution < 1.29 is 20.7 Å². The minimum atomic E-state index is -4.81. The lowest BCUT2D eigenvalue weighted by Crippen LogP contribution is -2.29. The molecule has 1 heterocycles. The maximum atomic E-state index is 12.8. The SMILES string of the molecule is CC(C)C1CCN(S(=O)(=O)c2ccc(S(=O)(=O)F)cc2)C1. The van der Waals surface area contributed by atoms with Gasteiger partial charge >= 0.3 is 10.2 Å². The molecule has 0 spiro atoms. The van der Waals surface area contributed by atoms with Gasteiger partial charge < -0.3 is 0 Å². The van der Waals surface area contributed by atoms with Crippen LogP contribution in [0.4, 0.5) is 3.89 Å². The highest BCUT2D eigenvalue weighted by molar-refractivity contribution is 7.89. The zero-order chi connectivity index (χ0) is 15.8. The van der Waals surface area contributed by atoms with Crippen LogP contribution in [0.15, 0.2) is 34.1 Å². The maximum absolute atomic E-state index is 12.8. The first-order valence-corrected chi connectivity index (χ1v) is 9.49. The largest absolute Gasteiger partial charge is 0.332 e. The quantitative estimate of drug-likeness (QED) is 0.789. The molecule has 1 aromatic rings. The number of hydrogen-bond acceptors (Lipinski definition) is 4. The smallest absolute Gasteiger partial charge is 0.207 e. The fourth-order valence-corrected chi connectivity index (χ4v) is 4.41. The molecule has 0 N–H and O–H groups in total. The lowest BCUT2D eigenvalue weighted by molar-refractivity contribution is 0.388. The second kappa shape index (κ2) is 5.66. The van der Waals surface area contributed by atoms with Crippen molar-refractivity contribution in [3.05, 3.63) is 24.3 Å². The van der Waals surface area contributed by atoms with E-state index in [0.717, 1.165) is 30.7 Å². The zero-order valence-electron chi connectivity index (χ0n) is 11.9. The third-order valence-electron chi connectivity index (χ3n) is 3.87. The van der Waals surface area contributed by atoms with E-state index in [1.807, 2.05) is 0 Å². The third kappa shape index (κ3) is 3.44. The van der Waals surface area contributed by atoms with Crippen LogP contribution in [0.25, 0.3) is 0 Å². The first kappa shape index (κ1) is 16.4. The van der Waals surface area contributed by atoms with E-state index in [4.69, 9.17) is 0 Å². The van der Waals surface area contributed by atoms with Gasteiger partial charge in [0.2, 0.25) is 10.0 Å². The Balaban J connectivity index is 2.25. The second-order valence-electron chi connectivity index (χ2n) is 5.57. The molecule has 1 unspecified atom stereocenters. The summed E-state index contributed by atoms with van der Waals surface area (Å²) in [5.41, 5.74) is 0. The third-order valence-corrected chi connectivity index (χ3v) is 6.59. The molecule has 1 aliphatic heterocycles. The molecule has 1 fully saturated rings. The van der Waals surface area contributed by atoms with Gasteiger partial charge in [0, 0.05) is 13.1 Å². The predicted octanol–water partition coefficient (Wildman–Crippen LogP) is 2.01. The summed E-state index contributed by atoms with van der Waals surface area (Å²) in [6.07, 6.45) is 0.813. The maximum Gasteiger partial charge on any atom is 0.332 e. The molecule has 1 saturated heterocycles. The fourth-order valence-electron chi connectivity index (χ4n) is 2.44.